The van der Waals surface area contributed by atoms with Crippen molar-refractivity contribution in [3.8, 4) is 0 Å². The molecule has 1 rings (SSSR count). The van der Waals surface area contributed by atoms with Gasteiger partial charge in [0.2, 0.25) is 11.6 Å². The highest BCUT2D eigenvalue weighted by atomic mass is 16.1. The fraction of sp³-hybridized carbons (Fsp3) is 0.167. The minimum atomic E-state index is -0.215. The molecule has 0 aliphatic heterocycles. The number of hydrogen-bond donors (Lipinski definition) is 2. The van der Waals surface area contributed by atoms with Gasteiger partial charge in [-0.3, -0.25) is 9.59 Å². The second-order valence-corrected chi connectivity index (χ2v) is 3.18. The third-order valence-electron chi connectivity index (χ3n) is 1.96. The summed E-state index contributed by atoms with van der Waals surface area (Å²) < 4.78 is 0. The van der Waals surface area contributed by atoms with Gasteiger partial charge in [-0.05, 0) is 0 Å². The SMILES string of the molecule is C=CCNC1=CC(=O)C(NCC=C)=CC1=O. The molecular weight excluding hydrogens is 204 g/mol. The quantitative estimate of drug-likeness (QED) is 0.502. The Labute approximate surface area is 94.4 Å². The van der Waals surface area contributed by atoms with Gasteiger partial charge in [-0.1, -0.05) is 12.2 Å². The lowest BCUT2D eigenvalue weighted by Crippen LogP contribution is -2.29. The summed E-state index contributed by atoms with van der Waals surface area (Å²) in [6.07, 6.45) is 5.82. The highest BCUT2D eigenvalue weighted by Crippen LogP contribution is 2.07. The molecule has 0 atom stereocenters. The standard InChI is InChI=1S/C12H14N2O2/c1-3-5-13-9-7-12(16)10(8-11(9)15)14-6-4-2/h3-4,7-8,13-14H,1-2,5-6H2. The highest BCUT2D eigenvalue weighted by molar-refractivity contribution is 6.19. The van der Waals surface area contributed by atoms with Gasteiger partial charge in [0.25, 0.3) is 0 Å². The van der Waals surface area contributed by atoms with E-state index in [1.807, 2.05) is 0 Å². The minimum absolute atomic E-state index is 0.215. The Hall–Kier alpha value is -2.10. The average molecular weight is 218 g/mol. The van der Waals surface area contributed by atoms with E-state index in [0.29, 0.717) is 24.5 Å². The van der Waals surface area contributed by atoms with Gasteiger partial charge in [-0.2, -0.15) is 0 Å². The van der Waals surface area contributed by atoms with E-state index < -0.39 is 0 Å². The summed E-state index contributed by atoms with van der Waals surface area (Å²) in [6.45, 7) is 7.94. The van der Waals surface area contributed by atoms with Crippen LogP contribution in [0.2, 0.25) is 0 Å². The molecule has 4 heteroatoms. The molecule has 0 bridgehead atoms. The number of rotatable bonds is 6. The molecule has 0 heterocycles. The van der Waals surface area contributed by atoms with Gasteiger partial charge in [-0.25, -0.2) is 0 Å². The monoisotopic (exact) mass is 218 g/mol. The Morgan fingerprint density at radius 2 is 1.31 bits per heavy atom. The molecule has 0 amide bonds. The van der Waals surface area contributed by atoms with E-state index in [2.05, 4.69) is 23.8 Å². The molecule has 1 aliphatic rings. The third kappa shape index (κ3) is 2.95. The second-order valence-electron chi connectivity index (χ2n) is 3.18. The molecule has 0 aromatic carbocycles. The van der Waals surface area contributed by atoms with Crippen molar-refractivity contribution in [1.82, 2.24) is 10.6 Å². The number of allylic oxidation sites excluding steroid dienone is 2. The van der Waals surface area contributed by atoms with Crippen LogP contribution in [0.4, 0.5) is 0 Å². The maximum Gasteiger partial charge on any atom is 0.203 e. The molecule has 0 spiro atoms. The number of nitrogens with one attached hydrogen (secondary N) is 2. The van der Waals surface area contributed by atoms with E-state index in [-0.39, 0.29) is 11.6 Å². The lowest BCUT2D eigenvalue weighted by Gasteiger charge is -2.13. The van der Waals surface area contributed by atoms with Crippen LogP contribution in [0.15, 0.2) is 48.9 Å². The predicted molar refractivity (Wildman–Crippen MR) is 62.6 cm³/mol. The van der Waals surface area contributed by atoms with Crippen LogP contribution in [0.1, 0.15) is 0 Å². The summed E-state index contributed by atoms with van der Waals surface area (Å²) in [5, 5.41) is 5.62. The molecule has 1 aliphatic carbocycles. The van der Waals surface area contributed by atoms with E-state index >= 15 is 0 Å². The molecule has 2 N–H and O–H groups in total. The summed E-state index contributed by atoms with van der Waals surface area (Å²) in [5.74, 6) is -0.430. The van der Waals surface area contributed by atoms with Gasteiger partial charge >= 0.3 is 0 Å². The molecule has 84 valence electrons. The van der Waals surface area contributed by atoms with Crippen molar-refractivity contribution in [2.45, 2.75) is 0 Å². The number of hydrogen-bond acceptors (Lipinski definition) is 4. The fourth-order valence-corrected chi connectivity index (χ4v) is 1.20. The van der Waals surface area contributed by atoms with Crippen LogP contribution in [0, 0.1) is 0 Å². The van der Waals surface area contributed by atoms with E-state index in [1.54, 1.807) is 12.2 Å². The largest absolute Gasteiger partial charge is 0.378 e. The first-order chi connectivity index (χ1) is 7.69. The summed E-state index contributed by atoms with van der Waals surface area (Å²) in [5.41, 5.74) is 0.600. The van der Waals surface area contributed by atoms with Gasteiger partial charge in [0, 0.05) is 25.2 Å². The summed E-state index contributed by atoms with van der Waals surface area (Å²) >= 11 is 0. The van der Waals surface area contributed by atoms with E-state index in [4.69, 9.17) is 0 Å². The van der Waals surface area contributed by atoms with Gasteiger partial charge in [-0.15, -0.1) is 13.2 Å². The fourth-order valence-electron chi connectivity index (χ4n) is 1.20. The van der Waals surface area contributed by atoms with Crippen LogP contribution in [0.5, 0.6) is 0 Å². The van der Waals surface area contributed by atoms with Gasteiger partial charge < -0.3 is 10.6 Å². The third-order valence-corrected chi connectivity index (χ3v) is 1.96. The van der Waals surface area contributed by atoms with Crippen molar-refractivity contribution < 1.29 is 9.59 Å². The van der Waals surface area contributed by atoms with E-state index in [9.17, 15) is 9.59 Å². The van der Waals surface area contributed by atoms with Crippen LogP contribution in [0.3, 0.4) is 0 Å². The van der Waals surface area contributed by atoms with Crippen LogP contribution in [0.25, 0.3) is 0 Å². The van der Waals surface area contributed by atoms with Crippen molar-refractivity contribution in [2.24, 2.45) is 0 Å². The number of ketones is 2. The summed E-state index contributed by atoms with van der Waals surface area (Å²) in [7, 11) is 0. The van der Waals surface area contributed by atoms with Gasteiger partial charge in [0.05, 0.1) is 11.4 Å². The average Bonchev–Trinajstić information content (AvgIpc) is 2.28. The molecule has 0 saturated carbocycles. The van der Waals surface area contributed by atoms with Crippen LogP contribution < -0.4 is 10.6 Å². The maximum atomic E-state index is 11.6. The Bertz CT molecular complexity index is 354. The van der Waals surface area contributed by atoms with E-state index in [0.717, 1.165) is 0 Å². The summed E-state index contributed by atoms with van der Waals surface area (Å²) in [6, 6.07) is 0. The van der Waals surface area contributed by atoms with Crippen LogP contribution in [-0.4, -0.2) is 24.7 Å². The predicted octanol–water partition coefficient (Wildman–Crippen LogP) is 0.457. The molecular formula is C12H14N2O2. The molecule has 4 nitrogen and oxygen atoms in total. The maximum absolute atomic E-state index is 11.6. The Kier molecular flexibility index (Phi) is 4.27. The summed E-state index contributed by atoms with van der Waals surface area (Å²) in [4.78, 5) is 23.1. The first-order valence-electron chi connectivity index (χ1n) is 4.90. The highest BCUT2D eigenvalue weighted by Gasteiger charge is 2.18. The van der Waals surface area contributed by atoms with Gasteiger partial charge in [0.15, 0.2) is 0 Å². The van der Waals surface area contributed by atoms with Crippen molar-refractivity contribution in [3.63, 3.8) is 0 Å². The Morgan fingerprint density at radius 3 is 1.62 bits per heavy atom. The zero-order valence-electron chi connectivity index (χ0n) is 8.95. The molecule has 0 radical (unpaired) electrons. The van der Waals surface area contributed by atoms with Crippen LogP contribution in [-0.2, 0) is 9.59 Å². The molecule has 0 unspecified atom stereocenters. The molecule has 0 aromatic rings. The number of carbonyl (C=O) groups excluding carboxylic acids is 2. The zero-order chi connectivity index (χ0) is 12.0. The van der Waals surface area contributed by atoms with Crippen molar-refractivity contribution >= 4 is 11.6 Å². The van der Waals surface area contributed by atoms with Crippen molar-refractivity contribution in [1.29, 1.82) is 0 Å². The lowest BCUT2D eigenvalue weighted by atomic mass is 10.1. The van der Waals surface area contributed by atoms with Crippen molar-refractivity contribution in [3.05, 3.63) is 48.9 Å². The van der Waals surface area contributed by atoms with Gasteiger partial charge in [0.1, 0.15) is 0 Å². The molecule has 16 heavy (non-hydrogen) atoms. The second kappa shape index (κ2) is 5.70. The smallest absolute Gasteiger partial charge is 0.203 e. The normalized spacial score (nSPS) is 15.0. The lowest BCUT2D eigenvalue weighted by molar-refractivity contribution is -0.115. The topological polar surface area (TPSA) is 58.2 Å². The number of carbonyl (C=O) groups is 2. The van der Waals surface area contributed by atoms with E-state index in [1.165, 1.54) is 12.2 Å². The molecule has 0 aromatic heterocycles. The zero-order valence-corrected chi connectivity index (χ0v) is 8.95. The first-order valence-corrected chi connectivity index (χ1v) is 4.90. The van der Waals surface area contributed by atoms with Crippen molar-refractivity contribution in [2.75, 3.05) is 13.1 Å². The first kappa shape index (κ1) is 12.0. The Morgan fingerprint density at radius 1 is 0.938 bits per heavy atom. The molecule has 0 saturated heterocycles. The van der Waals surface area contributed by atoms with Crippen LogP contribution >= 0.6 is 0 Å². The Balaban J connectivity index is 2.71. The minimum Gasteiger partial charge on any atom is -0.378 e. The molecule has 0 fully saturated rings.